The van der Waals surface area contributed by atoms with Crippen molar-refractivity contribution in [1.29, 1.82) is 0 Å². The van der Waals surface area contributed by atoms with Gasteiger partial charge in [0.2, 0.25) is 0 Å². The van der Waals surface area contributed by atoms with E-state index in [2.05, 4.69) is 5.32 Å². The predicted octanol–water partition coefficient (Wildman–Crippen LogP) is 2.67. The molecule has 1 amide bonds. The summed E-state index contributed by atoms with van der Waals surface area (Å²) >= 11 is 5.92. The van der Waals surface area contributed by atoms with Gasteiger partial charge < -0.3 is 24.3 Å². The number of halogens is 1. The largest absolute Gasteiger partial charge is 0.486 e. The molecule has 26 heavy (non-hydrogen) atoms. The number of para-hydroxylation sites is 1. The first-order valence-electron chi connectivity index (χ1n) is 7.84. The Bertz CT molecular complexity index is 810. The average molecular weight is 378 g/mol. The number of ether oxygens (including phenoxy) is 4. The van der Waals surface area contributed by atoms with E-state index in [1.807, 2.05) is 0 Å². The van der Waals surface area contributed by atoms with Crippen molar-refractivity contribution >= 4 is 29.2 Å². The Kier molecular flexibility index (Phi) is 5.80. The van der Waals surface area contributed by atoms with Crippen LogP contribution in [0.15, 0.2) is 42.5 Å². The van der Waals surface area contributed by atoms with Gasteiger partial charge in [0.25, 0.3) is 5.91 Å². The third-order valence-electron chi connectivity index (χ3n) is 3.37. The Morgan fingerprint density at radius 2 is 1.81 bits per heavy atom. The molecular weight excluding hydrogens is 362 g/mol. The van der Waals surface area contributed by atoms with Crippen LogP contribution in [0.25, 0.3) is 0 Å². The highest BCUT2D eigenvalue weighted by atomic mass is 35.5. The minimum atomic E-state index is -0.678. The number of fused-ring (bicyclic) bond motifs is 1. The van der Waals surface area contributed by atoms with Gasteiger partial charge in [-0.25, -0.2) is 4.79 Å². The molecule has 7 nitrogen and oxygen atoms in total. The minimum Gasteiger partial charge on any atom is -0.486 e. The van der Waals surface area contributed by atoms with Crippen LogP contribution in [0.3, 0.4) is 0 Å². The van der Waals surface area contributed by atoms with E-state index in [9.17, 15) is 9.59 Å². The van der Waals surface area contributed by atoms with Crippen LogP contribution in [-0.2, 0) is 14.3 Å². The van der Waals surface area contributed by atoms with E-state index in [-0.39, 0.29) is 6.61 Å². The Hall–Kier alpha value is -2.93. The summed E-state index contributed by atoms with van der Waals surface area (Å²) in [4.78, 5) is 23.6. The van der Waals surface area contributed by atoms with E-state index < -0.39 is 18.5 Å². The molecule has 0 bridgehead atoms. The van der Waals surface area contributed by atoms with Crippen LogP contribution in [-0.4, -0.2) is 38.3 Å². The minimum absolute atomic E-state index is 0.346. The van der Waals surface area contributed by atoms with Gasteiger partial charge >= 0.3 is 5.97 Å². The number of carbonyl (C=O) groups is 2. The molecule has 136 valence electrons. The molecule has 1 heterocycles. The predicted molar refractivity (Wildman–Crippen MR) is 94.0 cm³/mol. The molecule has 1 aliphatic rings. The second-order valence-electron chi connectivity index (χ2n) is 5.29. The lowest BCUT2D eigenvalue weighted by Gasteiger charge is -2.19. The fourth-order valence-corrected chi connectivity index (χ4v) is 2.39. The van der Waals surface area contributed by atoms with Crippen LogP contribution >= 0.6 is 11.6 Å². The zero-order valence-corrected chi connectivity index (χ0v) is 14.5. The van der Waals surface area contributed by atoms with Gasteiger partial charge in [0, 0.05) is 11.8 Å². The Morgan fingerprint density at radius 1 is 1.04 bits per heavy atom. The summed E-state index contributed by atoms with van der Waals surface area (Å²) in [6.45, 7) is 0.165. The molecule has 0 atom stereocenters. The number of carbonyl (C=O) groups excluding carboxylic acids is 2. The first-order valence-corrected chi connectivity index (χ1v) is 8.22. The molecule has 0 radical (unpaired) electrons. The van der Waals surface area contributed by atoms with Gasteiger partial charge in [-0.15, -0.1) is 0 Å². The van der Waals surface area contributed by atoms with Crippen molar-refractivity contribution in [1.82, 2.24) is 0 Å². The van der Waals surface area contributed by atoms with Gasteiger partial charge in [0.15, 0.2) is 24.7 Å². The third-order valence-corrected chi connectivity index (χ3v) is 3.68. The summed E-state index contributed by atoms with van der Waals surface area (Å²) in [6, 6.07) is 11.8. The van der Waals surface area contributed by atoms with E-state index in [0.29, 0.717) is 41.2 Å². The second-order valence-corrected chi connectivity index (χ2v) is 5.69. The third kappa shape index (κ3) is 4.80. The summed E-state index contributed by atoms with van der Waals surface area (Å²) in [5, 5.41) is 3.00. The second kappa shape index (κ2) is 8.44. The van der Waals surface area contributed by atoms with Crippen LogP contribution in [0.5, 0.6) is 17.2 Å². The Labute approximate surface area is 154 Å². The van der Waals surface area contributed by atoms with Crippen molar-refractivity contribution in [3.63, 3.8) is 0 Å². The number of rotatable bonds is 6. The van der Waals surface area contributed by atoms with Crippen molar-refractivity contribution in [2.45, 2.75) is 0 Å². The number of nitrogens with one attached hydrogen (secondary N) is 1. The normalized spacial score (nSPS) is 12.2. The van der Waals surface area contributed by atoms with Gasteiger partial charge in [-0.3, -0.25) is 4.79 Å². The molecule has 1 N–H and O–H groups in total. The Morgan fingerprint density at radius 3 is 2.62 bits per heavy atom. The topological polar surface area (TPSA) is 83.1 Å². The van der Waals surface area contributed by atoms with Gasteiger partial charge in [0.1, 0.15) is 19.0 Å². The molecule has 0 aromatic heterocycles. The van der Waals surface area contributed by atoms with Gasteiger partial charge in [0.05, 0.1) is 5.02 Å². The number of anilines is 1. The zero-order valence-electron chi connectivity index (χ0n) is 13.7. The van der Waals surface area contributed by atoms with Gasteiger partial charge in [-0.2, -0.15) is 0 Å². The lowest BCUT2D eigenvalue weighted by atomic mass is 10.2. The highest BCUT2D eigenvalue weighted by Crippen LogP contribution is 2.32. The van der Waals surface area contributed by atoms with Crippen molar-refractivity contribution in [3.05, 3.63) is 47.5 Å². The van der Waals surface area contributed by atoms with E-state index in [1.54, 1.807) is 42.5 Å². The molecule has 0 saturated heterocycles. The van der Waals surface area contributed by atoms with E-state index in [1.165, 1.54) is 0 Å². The molecule has 3 rings (SSSR count). The zero-order chi connectivity index (χ0) is 18.4. The monoisotopic (exact) mass is 377 g/mol. The Balaban J connectivity index is 1.43. The van der Waals surface area contributed by atoms with Crippen LogP contribution in [0.1, 0.15) is 0 Å². The molecule has 0 aliphatic carbocycles. The molecule has 2 aromatic rings. The molecule has 0 fully saturated rings. The van der Waals surface area contributed by atoms with E-state index in [4.69, 9.17) is 30.5 Å². The van der Waals surface area contributed by atoms with E-state index >= 15 is 0 Å². The van der Waals surface area contributed by atoms with Gasteiger partial charge in [-0.05, 0) is 24.3 Å². The first-order chi connectivity index (χ1) is 12.6. The highest BCUT2D eigenvalue weighted by molar-refractivity contribution is 6.32. The molecule has 1 aliphatic heterocycles. The summed E-state index contributed by atoms with van der Waals surface area (Å²) < 4.78 is 21.0. The number of benzene rings is 2. The highest BCUT2D eigenvalue weighted by Gasteiger charge is 2.14. The van der Waals surface area contributed by atoms with E-state index in [0.717, 1.165) is 0 Å². The average Bonchev–Trinajstić information content (AvgIpc) is 2.65. The lowest BCUT2D eigenvalue weighted by molar-refractivity contribution is -0.149. The number of esters is 1. The molecule has 0 saturated carbocycles. The van der Waals surface area contributed by atoms with Crippen LogP contribution in [0.4, 0.5) is 5.69 Å². The summed E-state index contributed by atoms with van der Waals surface area (Å²) in [5.41, 5.74) is 0.516. The number of amides is 1. The fraction of sp³-hybridized carbons (Fsp3) is 0.222. The SMILES string of the molecule is O=C(COC(=O)COc1ccccc1Cl)Nc1ccc2c(c1)OCCO2. The van der Waals surface area contributed by atoms with Gasteiger partial charge in [-0.1, -0.05) is 23.7 Å². The summed E-state index contributed by atoms with van der Waals surface area (Å²) in [7, 11) is 0. The maximum atomic E-state index is 11.9. The van der Waals surface area contributed by atoms with Crippen LogP contribution in [0, 0.1) is 0 Å². The summed E-state index contributed by atoms with van der Waals surface area (Å²) in [5.74, 6) is 0.387. The molecule has 0 spiro atoms. The first kappa shape index (κ1) is 17.9. The summed E-state index contributed by atoms with van der Waals surface area (Å²) in [6.07, 6.45) is 0. The molecule has 2 aromatic carbocycles. The van der Waals surface area contributed by atoms with Crippen molar-refractivity contribution in [3.8, 4) is 17.2 Å². The number of hydrogen-bond acceptors (Lipinski definition) is 6. The lowest BCUT2D eigenvalue weighted by Crippen LogP contribution is -2.24. The van der Waals surface area contributed by atoms with Crippen LogP contribution in [0.2, 0.25) is 5.02 Å². The van der Waals surface area contributed by atoms with Crippen molar-refractivity contribution < 1.29 is 28.5 Å². The standard InChI is InChI=1S/C18H16ClNO6/c19-13-3-1-2-4-14(13)25-11-18(22)26-10-17(21)20-12-5-6-15-16(9-12)24-8-7-23-15/h1-6,9H,7-8,10-11H2,(H,20,21). The molecule has 8 heteroatoms. The maximum absolute atomic E-state index is 11.9. The van der Waals surface area contributed by atoms with Crippen molar-refractivity contribution in [2.24, 2.45) is 0 Å². The quantitative estimate of drug-likeness (QED) is 0.779. The van der Waals surface area contributed by atoms with Crippen LogP contribution < -0.4 is 19.5 Å². The van der Waals surface area contributed by atoms with Crippen molar-refractivity contribution in [2.75, 3.05) is 31.7 Å². The fourth-order valence-electron chi connectivity index (χ4n) is 2.20. The smallest absolute Gasteiger partial charge is 0.344 e. The molecular formula is C18H16ClNO6. The maximum Gasteiger partial charge on any atom is 0.344 e. The molecule has 0 unspecified atom stereocenters. The number of hydrogen-bond donors (Lipinski definition) is 1.